The summed E-state index contributed by atoms with van der Waals surface area (Å²) in [6.07, 6.45) is 0. The van der Waals surface area contributed by atoms with E-state index in [-0.39, 0.29) is 26.3 Å². The SMILES string of the molecule is CC(=O)ON1C(N)=NN([O-])c2ccc(S(=O)(=O)c3ccccc3)cc21. The molecule has 0 radical (unpaired) electrons. The summed E-state index contributed by atoms with van der Waals surface area (Å²) < 4.78 is 25.5. The third-order valence-corrected chi connectivity index (χ3v) is 5.12. The maximum absolute atomic E-state index is 12.7. The van der Waals surface area contributed by atoms with Crippen molar-refractivity contribution in [1.29, 1.82) is 0 Å². The van der Waals surface area contributed by atoms with Gasteiger partial charge in [-0.15, -0.1) is 10.2 Å². The van der Waals surface area contributed by atoms with Gasteiger partial charge in [0.05, 0.1) is 15.5 Å². The number of nitrogens with zero attached hydrogens (tertiary/aromatic N) is 3. The Morgan fingerprint density at radius 1 is 1.12 bits per heavy atom. The average Bonchev–Trinajstić information content (AvgIpc) is 2.58. The van der Waals surface area contributed by atoms with E-state index in [0.717, 1.165) is 12.0 Å². The zero-order chi connectivity index (χ0) is 18.2. The van der Waals surface area contributed by atoms with Crippen molar-refractivity contribution in [1.82, 2.24) is 0 Å². The highest BCUT2D eigenvalue weighted by Gasteiger charge is 2.27. The third-order valence-electron chi connectivity index (χ3n) is 3.36. The van der Waals surface area contributed by atoms with Crippen molar-refractivity contribution in [3.8, 4) is 0 Å². The van der Waals surface area contributed by atoms with Crippen LogP contribution in [-0.4, -0.2) is 20.3 Å². The maximum Gasteiger partial charge on any atom is 0.330 e. The molecule has 0 bridgehead atoms. The Bertz CT molecular complexity index is 959. The number of anilines is 2. The van der Waals surface area contributed by atoms with Crippen LogP contribution in [0.15, 0.2) is 63.4 Å². The van der Waals surface area contributed by atoms with E-state index in [0.29, 0.717) is 0 Å². The van der Waals surface area contributed by atoms with Crippen molar-refractivity contribution in [2.75, 3.05) is 10.2 Å². The number of carbonyl (C=O) groups is 1. The summed E-state index contributed by atoms with van der Waals surface area (Å²) >= 11 is 0. The van der Waals surface area contributed by atoms with E-state index in [2.05, 4.69) is 5.10 Å². The quantitative estimate of drug-likeness (QED) is 0.867. The smallest absolute Gasteiger partial charge is 0.330 e. The summed E-state index contributed by atoms with van der Waals surface area (Å²) in [5, 5.41) is 16.4. The van der Waals surface area contributed by atoms with Gasteiger partial charge in [-0.3, -0.25) is 0 Å². The molecule has 2 N–H and O–H groups in total. The number of carbonyl (C=O) groups excluding carboxylic acids is 1. The molecular weight excluding hydrogens is 348 g/mol. The van der Waals surface area contributed by atoms with Crippen molar-refractivity contribution in [2.24, 2.45) is 10.8 Å². The number of sulfone groups is 1. The van der Waals surface area contributed by atoms with Crippen molar-refractivity contribution in [2.45, 2.75) is 16.7 Å². The first-order valence-electron chi connectivity index (χ1n) is 7.05. The number of hydrazone groups is 1. The molecule has 0 aromatic heterocycles. The number of fused-ring (bicyclic) bond motifs is 1. The molecule has 1 aliphatic rings. The van der Waals surface area contributed by atoms with Crippen LogP contribution in [0.2, 0.25) is 0 Å². The van der Waals surface area contributed by atoms with Gasteiger partial charge in [0.15, 0.2) is 0 Å². The lowest BCUT2D eigenvalue weighted by Gasteiger charge is -2.36. The average molecular weight is 361 g/mol. The Labute approximate surface area is 143 Å². The third kappa shape index (κ3) is 2.99. The van der Waals surface area contributed by atoms with Crippen LogP contribution < -0.4 is 16.0 Å². The molecule has 25 heavy (non-hydrogen) atoms. The molecule has 0 amide bonds. The van der Waals surface area contributed by atoms with E-state index in [9.17, 15) is 18.4 Å². The lowest BCUT2D eigenvalue weighted by molar-refractivity contribution is -0.140. The van der Waals surface area contributed by atoms with Crippen LogP contribution in [0.25, 0.3) is 0 Å². The van der Waals surface area contributed by atoms with E-state index >= 15 is 0 Å². The molecule has 3 rings (SSSR count). The number of hydrogen-bond donors (Lipinski definition) is 1. The van der Waals surface area contributed by atoms with Crippen LogP contribution in [0.5, 0.6) is 0 Å². The van der Waals surface area contributed by atoms with E-state index in [1.54, 1.807) is 18.2 Å². The van der Waals surface area contributed by atoms with Gasteiger partial charge in [0.2, 0.25) is 9.84 Å². The molecule has 2 aromatic rings. The van der Waals surface area contributed by atoms with E-state index in [4.69, 9.17) is 10.6 Å². The first-order chi connectivity index (χ1) is 11.8. The largest absolute Gasteiger partial charge is 0.737 e. The van der Waals surface area contributed by atoms with Gasteiger partial charge >= 0.3 is 5.97 Å². The number of rotatable bonds is 3. The highest BCUT2D eigenvalue weighted by Crippen LogP contribution is 2.36. The fraction of sp³-hybridized carbons (Fsp3) is 0.0667. The first-order valence-corrected chi connectivity index (χ1v) is 8.53. The Morgan fingerprint density at radius 2 is 1.80 bits per heavy atom. The summed E-state index contributed by atoms with van der Waals surface area (Å²) in [6.45, 7) is 1.14. The predicted octanol–water partition coefficient (Wildman–Crippen LogP) is 1.35. The molecule has 2 aromatic carbocycles. The number of benzene rings is 2. The topological polar surface area (TPSA) is 128 Å². The maximum atomic E-state index is 12.7. The molecule has 10 heteroatoms. The minimum absolute atomic E-state index is 0.00490. The molecule has 1 aliphatic heterocycles. The summed E-state index contributed by atoms with van der Waals surface area (Å²) in [4.78, 5) is 16.2. The zero-order valence-corrected chi connectivity index (χ0v) is 13.8. The number of hydrogen-bond acceptors (Lipinski definition) is 9. The molecule has 0 fully saturated rings. The van der Waals surface area contributed by atoms with Crippen LogP contribution in [-0.2, 0) is 19.5 Å². The second kappa shape index (κ2) is 6.07. The second-order valence-electron chi connectivity index (χ2n) is 5.08. The van der Waals surface area contributed by atoms with Crippen molar-refractivity contribution in [3.63, 3.8) is 0 Å². The predicted molar refractivity (Wildman–Crippen MR) is 90.0 cm³/mol. The van der Waals surface area contributed by atoms with Crippen molar-refractivity contribution >= 4 is 33.1 Å². The summed E-state index contributed by atoms with van der Waals surface area (Å²) in [7, 11) is -3.83. The Balaban J connectivity index is 2.13. The van der Waals surface area contributed by atoms with Crippen LogP contribution in [0.1, 0.15) is 6.92 Å². The van der Waals surface area contributed by atoms with E-state index in [1.165, 1.54) is 30.3 Å². The van der Waals surface area contributed by atoms with Crippen LogP contribution in [0, 0.1) is 5.21 Å². The lowest BCUT2D eigenvalue weighted by Crippen LogP contribution is -2.43. The van der Waals surface area contributed by atoms with E-state index < -0.39 is 21.8 Å². The standard InChI is InChI=1S/C15H13N4O5S/c1-10(20)24-18-14-9-12(7-8-13(14)19(21)17-15(18)16)25(22,23)11-5-3-2-4-6-11/h2-9H,1H3,(H2,16,17)/q-1. The lowest BCUT2D eigenvalue weighted by atomic mass is 10.2. The van der Waals surface area contributed by atoms with Gasteiger partial charge in [-0.25, -0.2) is 13.2 Å². The molecule has 1 heterocycles. The van der Waals surface area contributed by atoms with Gasteiger partial charge in [0, 0.05) is 6.92 Å². The van der Waals surface area contributed by atoms with Gasteiger partial charge in [0.1, 0.15) is 5.69 Å². The number of nitrogens with two attached hydrogens (primary N) is 1. The minimum Gasteiger partial charge on any atom is -0.737 e. The minimum atomic E-state index is -3.83. The van der Waals surface area contributed by atoms with Crippen LogP contribution in [0.4, 0.5) is 11.4 Å². The molecule has 0 atom stereocenters. The van der Waals surface area contributed by atoms with Crippen molar-refractivity contribution < 1.29 is 18.0 Å². The molecular formula is C15H13N4O5S-. The highest BCUT2D eigenvalue weighted by molar-refractivity contribution is 7.91. The van der Waals surface area contributed by atoms with Gasteiger partial charge in [-0.2, -0.15) is 0 Å². The van der Waals surface area contributed by atoms with Gasteiger partial charge in [0.25, 0.3) is 5.96 Å². The Kier molecular flexibility index (Phi) is 4.07. The van der Waals surface area contributed by atoms with E-state index in [1.807, 2.05) is 0 Å². The molecule has 9 nitrogen and oxygen atoms in total. The van der Waals surface area contributed by atoms with Gasteiger partial charge in [-0.05, 0) is 30.3 Å². The number of hydroxylamine groups is 1. The fourth-order valence-corrected chi connectivity index (χ4v) is 3.57. The molecule has 0 spiro atoms. The highest BCUT2D eigenvalue weighted by atomic mass is 32.2. The van der Waals surface area contributed by atoms with Crippen LogP contribution >= 0.6 is 0 Å². The fourth-order valence-electron chi connectivity index (χ4n) is 2.27. The molecule has 0 saturated heterocycles. The monoisotopic (exact) mass is 361 g/mol. The van der Waals surface area contributed by atoms with Gasteiger partial charge in [-0.1, -0.05) is 18.2 Å². The normalized spacial score (nSPS) is 13.9. The summed E-state index contributed by atoms with van der Waals surface area (Å²) in [5.41, 5.74) is 5.59. The first kappa shape index (κ1) is 16.7. The van der Waals surface area contributed by atoms with Gasteiger partial charge < -0.3 is 21.0 Å². The Morgan fingerprint density at radius 3 is 2.44 bits per heavy atom. The summed E-state index contributed by atoms with van der Waals surface area (Å²) in [6, 6.07) is 11.5. The summed E-state index contributed by atoms with van der Waals surface area (Å²) in [5.74, 6) is -1.10. The van der Waals surface area contributed by atoms with Crippen LogP contribution in [0.3, 0.4) is 0 Å². The number of guanidine groups is 1. The zero-order valence-electron chi connectivity index (χ0n) is 13.0. The molecule has 0 aliphatic carbocycles. The van der Waals surface area contributed by atoms with Crippen molar-refractivity contribution in [3.05, 3.63) is 53.7 Å². The molecule has 0 unspecified atom stereocenters. The Hall–Kier alpha value is -3.11. The second-order valence-corrected chi connectivity index (χ2v) is 7.03. The molecule has 0 saturated carbocycles. The molecule has 130 valence electrons.